The molecule has 0 aliphatic heterocycles. The minimum absolute atomic E-state index is 0.662. The van der Waals surface area contributed by atoms with Gasteiger partial charge in [0, 0.05) is 11.0 Å². The van der Waals surface area contributed by atoms with Crippen molar-refractivity contribution in [1.82, 2.24) is 0 Å². The van der Waals surface area contributed by atoms with Gasteiger partial charge in [0.05, 0.1) is 0 Å². The predicted molar refractivity (Wildman–Crippen MR) is 55.6 cm³/mol. The molecule has 4 heteroatoms. The normalized spacial score (nSPS) is 9.62. The van der Waals surface area contributed by atoms with E-state index in [1.54, 1.807) is 6.07 Å². The molecule has 0 aliphatic rings. The Balaban J connectivity index is 2.84. The maximum Gasteiger partial charge on any atom is 0.409 e. The zero-order valence-corrected chi connectivity index (χ0v) is 8.54. The number of amides is 1. The van der Waals surface area contributed by atoms with Crippen LogP contribution in [0.3, 0.4) is 0 Å². The molecule has 0 aliphatic carbocycles. The van der Waals surface area contributed by atoms with Crippen molar-refractivity contribution in [1.29, 1.82) is 0 Å². The molecule has 0 saturated carbocycles. The van der Waals surface area contributed by atoms with Gasteiger partial charge in [-0.3, -0.25) is 5.32 Å². The second-order valence-corrected chi connectivity index (χ2v) is 3.32. The summed E-state index contributed by atoms with van der Waals surface area (Å²) in [6, 6.07) is 7.37. The van der Waals surface area contributed by atoms with Crippen molar-refractivity contribution >= 4 is 27.7 Å². The first-order chi connectivity index (χ1) is 6.24. The molecule has 0 aromatic heterocycles. The van der Waals surface area contributed by atoms with Crippen LogP contribution in [0, 0.1) is 0 Å². The molecule has 0 heterocycles. The highest BCUT2D eigenvalue weighted by atomic mass is 79.9. The third-order valence-electron chi connectivity index (χ3n) is 1.62. The van der Waals surface area contributed by atoms with Gasteiger partial charge in [-0.15, -0.1) is 0 Å². The lowest BCUT2D eigenvalue weighted by atomic mass is 10.1. The van der Waals surface area contributed by atoms with Crippen LogP contribution in [0.2, 0.25) is 0 Å². The number of hydrogen-bond acceptors (Lipinski definition) is 1. The summed E-state index contributed by atoms with van der Waals surface area (Å²) < 4.78 is 0. The van der Waals surface area contributed by atoms with E-state index in [9.17, 15) is 4.79 Å². The summed E-state index contributed by atoms with van der Waals surface area (Å²) in [4.78, 5) is 10.4. The van der Waals surface area contributed by atoms with Gasteiger partial charge in [-0.05, 0) is 18.1 Å². The zero-order chi connectivity index (χ0) is 9.68. The molecule has 0 bridgehead atoms. The molecule has 70 valence electrons. The third-order valence-corrected chi connectivity index (χ3v) is 2.02. The number of rotatable bonds is 3. The molecular formula is C9H10BrNO2. The van der Waals surface area contributed by atoms with E-state index in [1.807, 2.05) is 18.2 Å². The Morgan fingerprint density at radius 1 is 1.46 bits per heavy atom. The molecule has 0 atom stereocenters. The van der Waals surface area contributed by atoms with E-state index in [4.69, 9.17) is 5.11 Å². The number of para-hydroxylation sites is 1. The van der Waals surface area contributed by atoms with Crippen LogP contribution in [0.4, 0.5) is 10.5 Å². The van der Waals surface area contributed by atoms with Gasteiger partial charge in [0.25, 0.3) is 0 Å². The summed E-state index contributed by atoms with van der Waals surface area (Å²) in [5.41, 5.74) is 1.66. The second-order valence-electron chi connectivity index (χ2n) is 2.53. The molecule has 1 aromatic rings. The van der Waals surface area contributed by atoms with Crippen molar-refractivity contribution in [2.24, 2.45) is 0 Å². The minimum Gasteiger partial charge on any atom is -0.465 e. The van der Waals surface area contributed by atoms with Gasteiger partial charge in [0.2, 0.25) is 0 Å². The lowest BCUT2D eigenvalue weighted by molar-refractivity contribution is 0.209. The summed E-state index contributed by atoms with van der Waals surface area (Å²) in [5, 5.41) is 11.7. The maximum atomic E-state index is 10.4. The van der Waals surface area contributed by atoms with E-state index in [0.29, 0.717) is 5.69 Å². The van der Waals surface area contributed by atoms with Crippen LogP contribution >= 0.6 is 15.9 Å². The average Bonchev–Trinajstić information content (AvgIpc) is 2.08. The monoisotopic (exact) mass is 243 g/mol. The van der Waals surface area contributed by atoms with Crippen LogP contribution in [-0.4, -0.2) is 16.5 Å². The smallest absolute Gasteiger partial charge is 0.409 e. The van der Waals surface area contributed by atoms with E-state index in [2.05, 4.69) is 21.2 Å². The largest absolute Gasteiger partial charge is 0.465 e. The first-order valence-corrected chi connectivity index (χ1v) is 5.00. The van der Waals surface area contributed by atoms with Crippen LogP contribution in [0.5, 0.6) is 0 Å². The minimum atomic E-state index is -1.03. The molecular weight excluding hydrogens is 234 g/mol. The van der Waals surface area contributed by atoms with Gasteiger partial charge >= 0.3 is 6.09 Å². The van der Waals surface area contributed by atoms with Crippen molar-refractivity contribution in [3.63, 3.8) is 0 Å². The third kappa shape index (κ3) is 3.06. The molecule has 1 aromatic carbocycles. The number of benzene rings is 1. The van der Waals surface area contributed by atoms with Crippen LogP contribution in [0.15, 0.2) is 24.3 Å². The quantitative estimate of drug-likeness (QED) is 0.803. The SMILES string of the molecule is O=C(O)Nc1ccccc1CCBr. The van der Waals surface area contributed by atoms with Crippen molar-refractivity contribution in [3.8, 4) is 0 Å². The van der Waals surface area contributed by atoms with E-state index >= 15 is 0 Å². The number of carbonyl (C=O) groups is 1. The highest BCUT2D eigenvalue weighted by molar-refractivity contribution is 9.09. The Labute approximate surface area is 84.9 Å². The van der Waals surface area contributed by atoms with Crippen LogP contribution in [0.25, 0.3) is 0 Å². The van der Waals surface area contributed by atoms with E-state index in [-0.39, 0.29) is 0 Å². The van der Waals surface area contributed by atoms with Crippen molar-refractivity contribution in [3.05, 3.63) is 29.8 Å². The molecule has 1 rings (SSSR count). The number of halogens is 1. The summed E-state index contributed by atoms with van der Waals surface area (Å²) in [7, 11) is 0. The van der Waals surface area contributed by atoms with Crippen LogP contribution in [-0.2, 0) is 6.42 Å². The number of anilines is 1. The molecule has 2 N–H and O–H groups in total. The number of aryl methyl sites for hydroxylation is 1. The lowest BCUT2D eigenvalue weighted by Crippen LogP contribution is -2.09. The molecule has 0 spiro atoms. The summed E-state index contributed by atoms with van der Waals surface area (Å²) in [5.74, 6) is 0. The Morgan fingerprint density at radius 3 is 2.77 bits per heavy atom. The van der Waals surface area contributed by atoms with E-state index in [1.165, 1.54) is 0 Å². The summed E-state index contributed by atoms with van der Waals surface area (Å²) in [6.07, 6.45) is -0.210. The maximum absolute atomic E-state index is 10.4. The molecule has 1 amide bonds. The number of hydrogen-bond donors (Lipinski definition) is 2. The van der Waals surface area contributed by atoms with Gasteiger partial charge in [0.15, 0.2) is 0 Å². The lowest BCUT2D eigenvalue weighted by Gasteiger charge is -2.06. The average molecular weight is 244 g/mol. The van der Waals surface area contributed by atoms with Gasteiger partial charge in [-0.1, -0.05) is 34.1 Å². The molecule has 13 heavy (non-hydrogen) atoms. The van der Waals surface area contributed by atoms with Gasteiger partial charge in [-0.2, -0.15) is 0 Å². The van der Waals surface area contributed by atoms with Gasteiger partial charge in [-0.25, -0.2) is 4.79 Å². The number of carboxylic acid groups (broad SMARTS) is 1. The standard InChI is InChI=1S/C9H10BrNO2/c10-6-5-7-3-1-2-4-8(7)11-9(12)13/h1-4,11H,5-6H2,(H,12,13). The second kappa shape index (κ2) is 4.87. The molecule has 0 unspecified atom stereocenters. The summed E-state index contributed by atoms with van der Waals surface area (Å²) >= 11 is 3.31. The van der Waals surface area contributed by atoms with Crippen molar-refractivity contribution in [2.45, 2.75) is 6.42 Å². The summed E-state index contributed by atoms with van der Waals surface area (Å²) in [6.45, 7) is 0. The van der Waals surface area contributed by atoms with Crippen LogP contribution in [0.1, 0.15) is 5.56 Å². The molecule has 0 saturated heterocycles. The Kier molecular flexibility index (Phi) is 3.76. The Morgan fingerprint density at radius 2 is 2.15 bits per heavy atom. The van der Waals surface area contributed by atoms with E-state index < -0.39 is 6.09 Å². The number of alkyl halides is 1. The first kappa shape index (κ1) is 10.1. The fraction of sp³-hybridized carbons (Fsp3) is 0.222. The topological polar surface area (TPSA) is 49.3 Å². The fourth-order valence-electron chi connectivity index (χ4n) is 1.08. The van der Waals surface area contributed by atoms with Crippen LogP contribution < -0.4 is 5.32 Å². The highest BCUT2D eigenvalue weighted by Gasteiger charge is 2.02. The van der Waals surface area contributed by atoms with Crippen molar-refractivity contribution in [2.75, 3.05) is 10.6 Å². The predicted octanol–water partition coefficient (Wildman–Crippen LogP) is 2.71. The Bertz CT molecular complexity index is 301. The zero-order valence-electron chi connectivity index (χ0n) is 6.96. The molecule has 0 radical (unpaired) electrons. The van der Waals surface area contributed by atoms with Crippen molar-refractivity contribution < 1.29 is 9.90 Å². The fourth-order valence-corrected chi connectivity index (χ4v) is 1.50. The highest BCUT2D eigenvalue weighted by Crippen LogP contribution is 2.15. The van der Waals surface area contributed by atoms with E-state index in [0.717, 1.165) is 17.3 Å². The molecule has 3 nitrogen and oxygen atoms in total. The first-order valence-electron chi connectivity index (χ1n) is 3.88. The number of nitrogens with one attached hydrogen (secondary N) is 1. The van der Waals surface area contributed by atoms with Gasteiger partial charge < -0.3 is 5.11 Å². The van der Waals surface area contributed by atoms with Gasteiger partial charge in [0.1, 0.15) is 0 Å². The Hall–Kier alpha value is -1.03. The molecule has 0 fully saturated rings.